The Kier molecular flexibility index (Phi) is 4.85. The Balaban J connectivity index is 2.32. The number of urea groups is 1. The highest BCUT2D eigenvalue weighted by molar-refractivity contribution is 6.15. The van der Waals surface area contributed by atoms with Gasteiger partial charge in [-0.1, -0.05) is 0 Å². The van der Waals surface area contributed by atoms with Gasteiger partial charge in [0.05, 0.1) is 21.3 Å². The number of esters is 1. The molecule has 0 spiro atoms. The van der Waals surface area contributed by atoms with E-state index in [0.29, 0.717) is 17.1 Å². The normalized spacial score (nSPS) is 15.6. The van der Waals surface area contributed by atoms with Crippen molar-refractivity contribution in [2.24, 2.45) is 0 Å². The first-order chi connectivity index (χ1) is 11.0. The van der Waals surface area contributed by atoms with Crippen LogP contribution in [0.3, 0.4) is 0 Å². The minimum Gasteiger partial charge on any atom is -0.497 e. The lowest BCUT2D eigenvalue weighted by Crippen LogP contribution is -2.36. The third-order valence-corrected chi connectivity index (χ3v) is 3.21. The average Bonchev–Trinajstić information content (AvgIpc) is 2.82. The Morgan fingerprint density at radius 2 is 1.96 bits per heavy atom. The summed E-state index contributed by atoms with van der Waals surface area (Å²) >= 11 is 0. The number of nitrogens with zero attached hydrogens (tertiary/aromatic N) is 1. The van der Waals surface area contributed by atoms with Crippen molar-refractivity contribution in [3.8, 4) is 11.5 Å². The second kappa shape index (κ2) is 6.82. The summed E-state index contributed by atoms with van der Waals surface area (Å²) in [5, 5.41) is 2.41. The number of nitrogens with one attached hydrogen (secondary N) is 1. The number of carbonyl (C=O) groups excluding carboxylic acids is 3. The minimum absolute atomic E-state index is 0.0328. The number of hydrogen-bond acceptors (Lipinski definition) is 6. The van der Waals surface area contributed by atoms with E-state index in [2.05, 4.69) is 10.1 Å². The molecule has 1 N–H and O–H groups in total. The monoisotopic (exact) mass is 320 g/mol. The Labute approximate surface area is 132 Å². The van der Waals surface area contributed by atoms with Crippen molar-refractivity contribution in [1.82, 2.24) is 10.2 Å². The van der Waals surface area contributed by atoms with Crippen LogP contribution in [-0.4, -0.2) is 50.7 Å². The molecule has 0 unspecified atom stereocenters. The van der Waals surface area contributed by atoms with Crippen molar-refractivity contribution >= 4 is 24.0 Å². The Bertz CT molecular complexity index is 683. The highest BCUT2D eigenvalue weighted by atomic mass is 16.5. The number of ether oxygens (including phenoxy) is 3. The van der Waals surface area contributed by atoms with E-state index >= 15 is 0 Å². The van der Waals surface area contributed by atoms with Gasteiger partial charge in [-0.05, 0) is 24.3 Å². The quantitative estimate of drug-likeness (QED) is 0.489. The topological polar surface area (TPSA) is 94.2 Å². The molecule has 1 saturated heterocycles. The van der Waals surface area contributed by atoms with E-state index in [9.17, 15) is 14.4 Å². The highest BCUT2D eigenvalue weighted by Crippen LogP contribution is 2.27. The molecule has 1 aromatic carbocycles. The number of imide groups is 1. The van der Waals surface area contributed by atoms with Crippen LogP contribution in [0.5, 0.6) is 11.5 Å². The standard InChI is InChI=1S/C15H16N2O6/c1-21-10-4-5-12(22-2)9(6-10)7-11-14(19)17(15(20)16-11)8-13(18)23-3/h4-7H,8H2,1-3H3,(H,16,20). The number of methoxy groups -OCH3 is 3. The molecule has 0 bridgehead atoms. The second-order valence-corrected chi connectivity index (χ2v) is 4.56. The summed E-state index contributed by atoms with van der Waals surface area (Å²) in [7, 11) is 4.18. The number of carbonyl (C=O) groups is 3. The highest BCUT2D eigenvalue weighted by Gasteiger charge is 2.35. The van der Waals surface area contributed by atoms with Crippen LogP contribution in [0, 0.1) is 0 Å². The molecule has 3 amide bonds. The molecule has 1 heterocycles. The molecule has 1 aliphatic rings. The lowest BCUT2D eigenvalue weighted by atomic mass is 10.1. The van der Waals surface area contributed by atoms with Crippen LogP contribution < -0.4 is 14.8 Å². The fourth-order valence-electron chi connectivity index (χ4n) is 2.02. The summed E-state index contributed by atoms with van der Waals surface area (Å²) in [6.07, 6.45) is 1.46. The van der Waals surface area contributed by atoms with Crippen LogP contribution in [0.25, 0.3) is 6.08 Å². The average molecular weight is 320 g/mol. The third-order valence-electron chi connectivity index (χ3n) is 3.21. The molecule has 0 aromatic heterocycles. The maximum Gasteiger partial charge on any atom is 0.329 e. The Morgan fingerprint density at radius 1 is 1.22 bits per heavy atom. The van der Waals surface area contributed by atoms with Crippen molar-refractivity contribution in [3.05, 3.63) is 29.5 Å². The van der Waals surface area contributed by atoms with Crippen molar-refractivity contribution in [1.29, 1.82) is 0 Å². The first kappa shape index (κ1) is 16.3. The van der Waals surface area contributed by atoms with Gasteiger partial charge < -0.3 is 19.5 Å². The van der Waals surface area contributed by atoms with E-state index in [1.54, 1.807) is 18.2 Å². The van der Waals surface area contributed by atoms with Crippen LogP contribution >= 0.6 is 0 Å². The number of rotatable bonds is 5. The zero-order valence-corrected chi connectivity index (χ0v) is 12.9. The van der Waals surface area contributed by atoms with Gasteiger partial charge in [0.2, 0.25) is 0 Å². The molecule has 0 saturated carbocycles. The number of amides is 3. The van der Waals surface area contributed by atoms with Crippen molar-refractivity contribution < 1.29 is 28.6 Å². The predicted octanol–water partition coefficient (Wildman–Crippen LogP) is 0.769. The second-order valence-electron chi connectivity index (χ2n) is 4.56. The van der Waals surface area contributed by atoms with Gasteiger partial charge in [-0.2, -0.15) is 0 Å². The molecule has 0 aliphatic carbocycles. The molecule has 1 aromatic rings. The SMILES string of the molecule is COC(=O)CN1C(=O)NC(=Cc2cc(OC)ccc2OC)C1=O. The van der Waals surface area contributed by atoms with Crippen molar-refractivity contribution in [2.75, 3.05) is 27.9 Å². The maximum absolute atomic E-state index is 12.2. The first-order valence-corrected chi connectivity index (χ1v) is 6.63. The molecule has 122 valence electrons. The van der Waals surface area contributed by atoms with Crippen molar-refractivity contribution in [3.63, 3.8) is 0 Å². The van der Waals surface area contributed by atoms with Gasteiger partial charge >= 0.3 is 12.0 Å². The van der Waals surface area contributed by atoms with E-state index in [1.807, 2.05) is 0 Å². The number of benzene rings is 1. The van der Waals surface area contributed by atoms with Gasteiger partial charge in [-0.3, -0.25) is 9.59 Å². The smallest absolute Gasteiger partial charge is 0.329 e. The van der Waals surface area contributed by atoms with E-state index in [4.69, 9.17) is 9.47 Å². The Hall–Kier alpha value is -3.03. The zero-order valence-electron chi connectivity index (χ0n) is 12.9. The summed E-state index contributed by atoms with van der Waals surface area (Å²) in [5.41, 5.74) is 0.584. The molecular weight excluding hydrogens is 304 g/mol. The third kappa shape index (κ3) is 3.42. The fraction of sp³-hybridized carbons (Fsp3) is 0.267. The van der Waals surface area contributed by atoms with Gasteiger partial charge in [-0.15, -0.1) is 0 Å². The maximum atomic E-state index is 12.2. The molecule has 0 radical (unpaired) electrons. The molecule has 0 atom stereocenters. The molecule has 1 aliphatic heterocycles. The van der Waals surface area contributed by atoms with Crippen LogP contribution in [0.1, 0.15) is 5.56 Å². The number of hydrogen-bond donors (Lipinski definition) is 1. The fourth-order valence-corrected chi connectivity index (χ4v) is 2.02. The van der Waals surface area contributed by atoms with Crippen LogP contribution in [0.4, 0.5) is 4.79 Å². The van der Waals surface area contributed by atoms with Gasteiger partial charge in [0.1, 0.15) is 23.7 Å². The van der Waals surface area contributed by atoms with Gasteiger partial charge in [0.15, 0.2) is 0 Å². The summed E-state index contributed by atoms with van der Waals surface area (Å²) in [6, 6.07) is 4.36. The Morgan fingerprint density at radius 3 is 2.57 bits per heavy atom. The van der Waals surface area contributed by atoms with Crippen LogP contribution in [0.2, 0.25) is 0 Å². The van der Waals surface area contributed by atoms with Gasteiger partial charge in [0.25, 0.3) is 5.91 Å². The van der Waals surface area contributed by atoms with Crippen LogP contribution in [-0.2, 0) is 14.3 Å². The zero-order chi connectivity index (χ0) is 17.0. The van der Waals surface area contributed by atoms with E-state index in [-0.39, 0.29) is 5.70 Å². The largest absolute Gasteiger partial charge is 0.497 e. The lowest BCUT2D eigenvalue weighted by molar-refractivity contribution is -0.143. The van der Waals surface area contributed by atoms with E-state index in [0.717, 1.165) is 4.90 Å². The summed E-state index contributed by atoms with van der Waals surface area (Å²) in [4.78, 5) is 36.0. The molecule has 1 fully saturated rings. The molecule has 8 nitrogen and oxygen atoms in total. The van der Waals surface area contributed by atoms with E-state index < -0.39 is 24.5 Å². The molecular formula is C15H16N2O6. The summed E-state index contributed by atoms with van der Waals surface area (Å²) in [6.45, 7) is -0.451. The van der Waals surface area contributed by atoms with Gasteiger partial charge in [0, 0.05) is 5.56 Å². The summed E-state index contributed by atoms with van der Waals surface area (Å²) in [5.74, 6) is -0.230. The van der Waals surface area contributed by atoms with Gasteiger partial charge in [-0.25, -0.2) is 9.69 Å². The molecule has 23 heavy (non-hydrogen) atoms. The summed E-state index contributed by atoms with van der Waals surface area (Å²) < 4.78 is 14.8. The predicted molar refractivity (Wildman–Crippen MR) is 79.8 cm³/mol. The van der Waals surface area contributed by atoms with Crippen LogP contribution in [0.15, 0.2) is 23.9 Å². The molecule has 8 heteroatoms. The minimum atomic E-state index is -0.687. The lowest BCUT2D eigenvalue weighted by Gasteiger charge is -2.09. The van der Waals surface area contributed by atoms with Crippen molar-refractivity contribution in [2.45, 2.75) is 0 Å². The molecule has 2 rings (SSSR count). The van der Waals surface area contributed by atoms with E-state index in [1.165, 1.54) is 27.4 Å². The first-order valence-electron chi connectivity index (χ1n) is 6.63.